The summed E-state index contributed by atoms with van der Waals surface area (Å²) in [5, 5.41) is 12.9. The molecule has 4 aromatic rings. The first-order chi connectivity index (χ1) is 27.8. The Kier molecular flexibility index (Phi) is 10.3. The number of imide groups is 1. The summed E-state index contributed by atoms with van der Waals surface area (Å²) in [6, 6.07) is 23.4. The predicted molar refractivity (Wildman–Crippen MR) is 224 cm³/mol. The Balaban J connectivity index is 0.796. The summed E-state index contributed by atoms with van der Waals surface area (Å²) in [6.07, 6.45) is 3.48. The van der Waals surface area contributed by atoms with E-state index in [-0.39, 0.29) is 34.6 Å². The van der Waals surface area contributed by atoms with Crippen molar-refractivity contribution in [1.82, 2.24) is 15.2 Å². The smallest absolute Gasteiger partial charge is 0.272 e. The number of amides is 3. The molecule has 0 unspecified atom stereocenters. The lowest BCUT2D eigenvalue weighted by Crippen LogP contribution is -2.74. The van der Waals surface area contributed by atoms with Crippen LogP contribution in [0.2, 0.25) is 5.02 Å². The topological polar surface area (TPSA) is 142 Å². The van der Waals surface area contributed by atoms with Gasteiger partial charge in [0.2, 0.25) is 0 Å². The number of anilines is 3. The maximum atomic E-state index is 13.5. The highest BCUT2D eigenvalue weighted by molar-refractivity contribution is 6.34. The number of piperidine rings is 1. The summed E-state index contributed by atoms with van der Waals surface area (Å²) in [7, 11) is 0. The fraction of sp³-hybridized carbons (Fsp3) is 0.400. The van der Waals surface area contributed by atoms with Gasteiger partial charge in [-0.1, -0.05) is 39.3 Å². The normalized spacial score (nSPS) is 21.6. The van der Waals surface area contributed by atoms with Crippen molar-refractivity contribution in [1.29, 1.82) is 5.26 Å². The molecule has 13 heteroatoms. The number of hydrogen-bond donors (Lipinski definition) is 2. The molecule has 0 atom stereocenters. The van der Waals surface area contributed by atoms with E-state index < -0.39 is 17.4 Å². The zero-order valence-corrected chi connectivity index (χ0v) is 34.0. The maximum Gasteiger partial charge on any atom is 0.272 e. The minimum absolute atomic E-state index is 0.0290. The molecule has 58 heavy (non-hydrogen) atoms. The Hall–Kier alpha value is -5.64. The van der Waals surface area contributed by atoms with E-state index in [0.717, 1.165) is 74.9 Å². The summed E-state index contributed by atoms with van der Waals surface area (Å²) >= 11 is 6.25. The number of nitrogens with one attached hydrogen (secondary N) is 2. The Bertz CT molecular complexity index is 2340. The molecule has 3 fully saturated rings. The summed E-state index contributed by atoms with van der Waals surface area (Å²) in [4.78, 5) is 62.9. The number of ether oxygens (including phenoxy) is 1. The molecule has 300 valence electrons. The molecule has 0 bridgehead atoms. The van der Waals surface area contributed by atoms with Crippen LogP contribution >= 0.6 is 11.6 Å². The lowest BCUT2D eigenvalue weighted by Gasteiger charge is -2.63. The van der Waals surface area contributed by atoms with E-state index >= 15 is 0 Å². The van der Waals surface area contributed by atoms with Gasteiger partial charge in [-0.05, 0) is 85.5 Å². The average Bonchev–Trinajstić information content (AvgIpc) is 3.47. The molecular weight excluding hydrogens is 754 g/mol. The number of hydrogen-bond acceptors (Lipinski definition) is 9. The summed E-state index contributed by atoms with van der Waals surface area (Å²) in [5.41, 5.74) is 2.54. The molecule has 1 saturated carbocycles. The van der Waals surface area contributed by atoms with Gasteiger partial charge in [-0.25, -0.2) is 4.90 Å². The Morgan fingerprint density at radius 3 is 2.16 bits per heavy atom. The van der Waals surface area contributed by atoms with Gasteiger partial charge in [-0.15, -0.1) is 0 Å². The third kappa shape index (κ3) is 7.11. The van der Waals surface area contributed by atoms with Gasteiger partial charge in [0.05, 0.1) is 21.7 Å². The molecule has 0 radical (unpaired) electrons. The number of carbonyl (C=O) groups is 3. The van der Waals surface area contributed by atoms with E-state index in [0.29, 0.717) is 38.9 Å². The fourth-order valence-electron chi connectivity index (χ4n) is 9.79. The molecule has 4 aliphatic rings. The molecule has 3 aliphatic heterocycles. The molecule has 3 amide bonds. The van der Waals surface area contributed by atoms with Crippen molar-refractivity contribution in [2.45, 2.75) is 52.7 Å². The summed E-state index contributed by atoms with van der Waals surface area (Å²) in [5.74, 6) is 0.135. The van der Waals surface area contributed by atoms with Gasteiger partial charge in [-0.3, -0.25) is 24.1 Å². The second kappa shape index (κ2) is 15.3. The van der Waals surface area contributed by atoms with Crippen molar-refractivity contribution >= 4 is 46.4 Å². The van der Waals surface area contributed by atoms with Gasteiger partial charge in [0.1, 0.15) is 23.6 Å². The van der Waals surface area contributed by atoms with Gasteiger partial charge >= 0.3 is 0 Å². The lowest BCUT2D eigenvalue weighted by atomic mass is 9.49. The molecular formula is C45H48ClN7O5. The fourth-order valence-corrected chi connectivity index (χ4v) is 10.0. The zero-order chi connectivity index (χ0) is 40.9. The maximum absolute atomic E-state index is 13.5. The molecule has 0 spiro atoms. The molecule has 3 aromatic carbocycles. The van der Waals surface area contributed by atoms with Crippen LogP contribution < -0.4 is 30.3 Å². The lowest BCUT2D eigenvalue weighted by molar-refractivity contribution is -0.164. The van der Waals surface area contributed by atoms with Crippen molar-refractivity contribution in [2.75, 3.05) is 60.5 Å². The first-order valence-electron chi connectivity index (χ1n) is 20.0. The third-order valence-electron chi connectivity index (χ3n) is 12.7. The number of aromatic amines is 1. The SMILES string of the molecule is CC1(C)C(NC(=O)c2ccc(N3CCC(CN4CCN(c5ccc6c(c5)C(=O)N(c5ccc[nH]c5=O)C6=O)CC4)CC3)cc2)C(C)(C)C1Oc1ccc(C#N)c(Cl)c1. The van der Waals surface area contributed by atoms with Crippen molar-refractivity contribution in [3.63, 3.8) is 0 Å². The molecule has 2 N–H and O–H groups in total. The van der Waals surface area contributed by atoms with Crippen LogP contribution in [0.5, 0.6) is 5.75 Å². The average molecular weight is 802 g/mol. The quantitative estimate of drug-likeness (QED) is 0.185. The minimum Gasteiger partial charge on any atom is -0.489 e. The number of pyridine rings is 1. The van der Waals surface area contributed by atoms with Crippen molar-refractivity contribution in [3.8, 4) is 11.8 Å². The van der Waals surface area contributed by atoms with Crippen LogP contribution in [-0.2, 0) is 0 Å². The van der Waals surface area contributed by atoms with Crippen LogP contribution in [0.4, 0.5) is 17.1 Å². The number of H-pyrrole nitrogens is 1. The standard InChI is InChI=1S/C45H48ClN7O5/c1-44(2)42(45(3,4)43(44)58-33-13-9-30(26-47)36(46)25-33)49-38(54)29-7-10-31(11-8-29)51-18-15-28(16-19-51)27-50-20-22-52(23-21-50)32-12-14-34-35(24-32)41(57)53(40(34)56)37-6-5-17-48-39(37)55/h5-14,17,24-25,28,42-43H,15-16,18-23,27H2,1-4H3,(H,48,55)(H,49,54). The Labute approximate surface area is 343 Å². The highest BCUT2D eigenvalue weighted by atomic mass is 35.5. The van der Waals surface area contributed by atoms with Crippen molar-refractivity contribution < 1.29 is 19.1 Å². The Morgan fingerprint density at radius 2 is 1.50 bits per heavy atom. The van der Waals surface area contributed by atoms with Crippen LogP contribution in [0.1, 0.15) is 77.2 Å². The molecule has 12 nitrogen and oxygen atoms in total. The summed E-state index contributed by atoms with van der Waals surface area (Å²) in [6.45, 7) is 14.8. The second-order valence-electron chi connectivity index (χ2n) is 17.1. The van der Waals surface area contributed by atoms with Crippen LogP contribution in [0.25, 0.3) is 0 Å². The highest BCUT2D eigenvalue weighted by Crippen LogP contribution is 2.55. The number of aromatic nitrogens is 1. The number of rotatable bonds is 9. The monoisotopic (exact) mass is 801 g/mol. The van der Waals surface area contributed by atoms with Crippen LogP contribution in [0, 0.1) is 28.1 Å². The third-order valence-corrected chi connectivity index (χ3v) is 13.0. The number of fused-ring (bicyclic) bond motifs is 1. The number of nitrogens with zero attached hydrogens (tertiary/aromatic N) is 5. The van der Waals surface area contributed by atoms with Gasteiger partial charge in [0.15, 0.2) is 0 Å². The number of nitriles is 1. The van der Waals surface area contributed by atoms with Crippen molar-refractivity contribution in [2.24, 2.45) is 16.7 Å². The zero-order valence-electron chi connectivity index (χ0n) is 33.3. The highest BCUT2D eigenvalue weighted by Gasteiger charge is 2.64. The van der Waals surface area contributed by atoms with Gasteiger partial charge in [-0.2, -0.15) is 5.26 Å². The summed E-state index contributed by atoms with van der Waals surface area (Å²) < 4.78 is 6.38. The van der Waals surface area contributed by atoms with E-state index in [1.54, 1.807) is 36.4 Å². The van der Waals surface area contributed by atoms with Crippen LogP contribution in [0.15, 0.2) is 83.8 Å². The molecule has 4 heterocycles. The molecule has 1 aromatic heterocycles. The van der Waals surface area contributed by atoms with Crippen LogP contribution in [0.3, 0.4) is 0 Å². The van der Waals surface area contributed by atoms with E-state index in [2.05, 4.69) is 58.8 Å². The predicted octanol–water partition coefficient (Wildman–Crippen LogP) is 6.35. The second-order valence-corrected chi connectivity index (χ2v) is 17.5. The molecule has 2 saturated heterocycles. The first kappa shape index (κ1) is 39.2. The first-order valence-corrected chi connectivity index (χ1v) is 20.3. The van der Waals surface area contributed by atoms with E-state index in [9.17, 15) is 24.4 Å². The van der Waals surface area contributed by atoms with Gasteiger partial charge in [0, 0.05) is 91.9 Å². The van der Waals surface area contributed by atoms with Crippen molar-refractivity contribution in [3.05, 3.63) is 117 Å². The van der Waals surface area contributed by atoms with Gasteiger partial charge in [0.25, 0.3) is 23.3 Å². The molecule has 1 aliphatic carbocycles. The molecule has 8 rings (SSSR count). The van der Waals surface area contributed by atoms with E-state index in [1.807, 2.05) is 30.3 Å². The van der Waals surface area contributed by atoms with Gasteiger partial charge < -0.3 is 24.8 Å². The number of benzene rings is 3. The van der Waals surface area contributed by atoms with E-state index in [4.69, 9.17) is 16.3 Å². The number of piperazine rings is 1. The van der Waals surface area contributed by atoms with E-state index in [1.165, 1.54) is 12.3 Å². The number of halogens is 1. The van der Waals surface area contributed by atoms with Crippen LogP contribution in [-0.4, -0.2) is 85.6 Å². The largest absolute Gasteiger partial charge is 0.489 e. The number of carbonyl (C=O) groups excluding carboxylic acids is 3. The Morgan fingerprint density at radius 1 is 0.845 bits per heavy atom. The minimum atomic E-state index is -0.482.